The van der Waals surface area contributed by atoms with Crippen LogP contribution in [0, 0.1) is 6.92 Å². The fourth-order valence-corrected chi connectivity index (χ4v) is 3.70. The van der Waals surface area contributed by atoms with Gasteiger partial charge in [-0.2, -0.15) is 0 Å². The van der Waals surface area contributed by atoms with Crippen molar-refractivity contribution in [1.82, 2.24) is 25.5 Å². The number of rotatable bonds is 6. The summed E-state index contributed by atoms with van der Waals surface area (Å²) in [5.41, 5.74) is 4.42. The first-order chi connectivity index (χ1) is 14.8. The fraction of sp³-hybridized carbons (Fsp3) is 0.182. The lowest BCUT2D eigenvalue weighted by molar-refractivity contribution is 0.581. The van der Waals surface area contributed by atoms with Gasteiger partial charge >= 0.3 is 0 Å². The molecule has 0 fully saturated rings. The van der Waals surface area contributed by atoms with E-state index in [-0.39, 0.29) is 12.2 Å². The molecule has 0 radical (unpaired) electrons. The standard InChI is InChI=1S/C22H21N5O3S.H2/c1-14-20(22-27-26-21(30-22)17-6-4-15(5-7-17)12-23-2)25-19(13-24-14)16-8-10-18(11-9-16)31(3,28)29;/h4-11,13,23H,12H2,1-3H3;1H. The number of aryl methyl sites for hydroxylation is 1. The van der Waals surface area contributed by atoms with E-state index in [0.29, 0.717) is 23.0 Å². The van der Waals surface area contributed by atoms with E-state index in [4.69, 9.17) is 4.42 Å². The van der Waals surface area contributed by atoms with Crippen LogP contribution >= 0.6 is 0 Å². The second kappa shape index (κ2) is 8.37. The predicted molar refractivity (Wildman–Crippen MR) is 119 cm³/mol. The van der Waals surface area contributed by atoms with Crippen molar-refractivity contribution in [3.05, 3.63) is 66.0 Å². The third-order valence-corrected chi connectivity index (χ3v) is 5.87. The second-order valence-corrected chi connectivity index (χ2v) is 9.14. The van der Waals surface area contributed by atoms with Gasteiger partial charge in [0.25, 0.3) is 5.89 Å². The van der Waals surface area contributed by atoms with Crippen LogP contribution in [-0.2, 0) is 16.4 Å². The minimum Gasteiger partial charge on any atom is -0.415 e. The zero-order valence-corrected chi connectivity index (χ0v) is 18.1. The highest BCUT2D eigenvalue weighted by Gasteiger charge is 2.16. The molecule has 2 aromatic heterocycles. The zero-order chi connectivity index (χ0) is 22.0. The van der Waals surface area contributed by atoms with Gasteiger partial charge in [-0.05, 0) is 43.8 Å². The van der Waals surface area contributed by atoms with Crippen LogP contribution in [0.15, 0.2) is 64.0 Å². The summed E-state index contributed by atoms with van der Waals surface area (Å²) in [5, 5.41) is 11.4. The Morgan fingerprint density at radius 1 is 0.968 bits per heavy atom. The first kappa shape index (κ1) is 20.8. The van der Waals surface area contributed by atoms with Crippen molar-refractivity contribution < 1.29 is 14.3 Å². The van der Waals surface area contributed by atoms with Gasteiger partial charge in [-0.1, -0.05) is 24.3 Å². The molecule has 8 nitrogen and oxygen atoms in total. The van der Waals surface area contributed by atoms with Gasteiger partial charge in [-0.25, -0.2) is 13.4 Å². The van der Waals surface area contributed by atoms with Crippen LogP contribution in [0.2, 0.25) is 0 Å². The second-order valence-electron chi connectivity index (χ2n) is 7.13. The molecule has 4 aromatic rings. The van der Waals surface area contributed by atoms with Crippen molar-refractivity contribution in [3.8, 4) is 34.3 Å². The molecule has 0 atom stereocenters. The number of nitrogens with one attached hydrogen (secondary N) is 1. The van der Waals surface area contributed by atoms with E-state index in [1.807, 2.05) is 38.2 Å². The smallest absolute Gasteiger partial charge is 0.268 e. The summed E-state index contributed by atoms with van der Waals surface area (Å²) < 4.78 is 29.2. The molecule has 0 aliphatic carbocycles. The number of benzene rings is 2. The Kier molecular flexibility index (Phi) is 5.62. The Hall–Kier alpha value is -3.43. The monoisotopic (exact) mass is 437 g/mol. The molecule has 0 spiro atoms. The molecule has 0 aliphatic rings. The van der Waals surface area contributed by atoms with Crippen molar-refractivity contribution in [3.63, 3.8) is 0 Å². The van der Waals surface area contributed by atoms with Gasteiger partial charge in [-0.15, -0.1) is 10.2 Å². The van der Waals surface area contributed by atoms with Crippen LogP contribution in [0.5, 0.6) is 0 Å². The number of sulfone groups is 1. The molecule has 4 rings (SSSR count). The van der Waals surface area contributed by atoms with Crippen LogP contribution in [0.3, 0.4) is 0 Å². The zero-order valence-electron chi connectivity index (χ0n) is 17.3. The average molecular weight is 438 g/mol. The molecule has 31 heavy (non-hydrogen) atoms. The summed E-state index contributed by atoms with van der Waals surface area (Å²) in [6, 6.07) is 14.4. The lowest BCUT2D eigenvalue weighted by Gasteiger charge is -2.05. The summed E-state index contributed by atoms with van der Waals surface area (Å²) in [6.07, 6.45) is 2.80. The van der Waals surface area contributed by atoms with Crippen molar-refractivity contribution in [1.29, 1.82) is 0 Å². The maximum absolute atomic E-state index is 11.7. The van der Waals surface area contributed by atoms with E-state index in [9.17, 15) is 8.42 Å². The first-order valence-corrected chi connectivity index (χ1v) is 11.5. The van der Waals surface area contributed by atoms with Crippen LogP contribution in [0.1, 0.15) is 12.7 Å². The minimum atomic E-state index is -3.26. The maximum Gasteiger partial charge on any atom is 0.268 e. The normalized spacial score (nSPS) is 11.6. The highest BCUT2D eigenvalue weighted by Crippen LogP contribution is 2.27. The van der Waals surface area contributed by atoms with Crippen molar-refractivity contribution in [2.45, 2.75) is 18.4 Å². The Morgan fingerprint density at radius 3 is 2.26 bits per heavy atom. The van der Waals surface area contributed by atoms with E-state index in [1.54, 1.807) is 30.5 Å². The Bertz CT molecular complexity index is 1320. The number of hydrogen-bond donors (Lipinski definition) is 1. The van der Waals surface area contributed by atoms with E-state index in [1.165, 1.54) is 6.26 Å². The summed E-state index contributed by atoms with van der Waals surface area (Å²) >= 11 is 0. The number of nitrogens with zero attached hydrogens (tertiary/aromatic N) is 4. The number of aromatic nitrogens is 4. The molecule has 2 aromatic carbocycles. The topological polar surface area (TPSA) is 111 Å². The maximum atomic E-state index is 11.7. The first-order valence-electron chi connectivity index (χ1n) is 9.57. The van der Waals surface area contributed by atoms with Crippen molar-refractivity contribution in [2.24, 2.45) is 0 Å². The highest BCUT2D eigenvalue weighted by molar-refractivity contribution is 7.90. The van der Waals surface area contributed by atoms with Gasteiger partial charge in [0.2, 0.25) is 5.89 Å². The largest absolute Gasteiger partial charge is 0.415 e. The van der Waals surface area contributed by atoms with E-state index < -0.39 is 9.84 Å². The molecule has 0 saturated heterocycles. The van der Waals surface area contributed by atoms with Crippen LogP contribution in [-0.4, -0.2) is 41.9 Å². The highest BCUT2D eigenvalue weighted by atomic mass is 32.2. The van der Waals surface area contributed by atoms with Crippen molar-refractivity contribution in [2.75, 3.05) is 13.3 Å². The quantitative estimate of drug-likeness (QED) is 0.488. The summed E-state index contributed by atoms with van der Waals surface area (Å²) in [7, 11) is -1.36. The summed E-state index contributed by atoms with van der Waals surface area (Å²) in [6.45, 7) is 2.59. The van der Waals surface area contributed by atoms with Gasteiger partial charge in [0, 0.05) is 25.4 Å². The van der Waals surface area contributed by atoms with Crippen LogP contribution < -0.4 is 5.32 Å². The van der Waals surface area contributed by atoms with Gasteiger partial charge in [0.15, 0.2) is 9.84 Å². The van der Waals surface area contributed by atoms with Crippen LogP contribution in [0.25, 0.3) is 34.3 Å². The third kappa shape index (κ3) is 4.52. The molecule has 2 heterocycles. The Morgan fingerprint density at radius 2 is 1.61 bits per heavy atom. The lowest BCUT2D eigenvalue weighted by atomic mass is 10.1. The van der Waals surface area contributed by atoms with E-state index in [2.05, 4.69) is 25.5 Å². The molecule has 0 saturated carbocycles. The lowest BCUT2D eigenvalue weighted by Crippen LogP contribution is -2.04. The molecule has 0 aliphatic heterocycles. The van der Waals surface area contributed by atoms with Gasteiger partial charge in [0.1, 0.15) is 5.69 Å². The molecule has 160 valence electrons. The molecule has 0 bridgehead atoms. The van der Waals surface area contributed by atoms with E-state index >= 15 is 0 Å². The van der Waals surface area contributed by atoms with E-state index in [0.717, 1.165) is 23.2 Å². The number of hydrogen-bond acceptors (Lipinski definition) is 8. The average Bonchev–Trinajstić information content (AvgIpc) is 3.24. The summed E-state index contributed by atoms with van der Waals surface area (Å²) in [4.78, 5) is 9.28. The van der Waals surface area contributed by atoms with Gasteiger partial charge in [-0.3, -0.25) is 4.98 Å². The fourth-order valence-electron chi connectivity index (χ4n) is 3.07. The Labute approximate surface area is 181 Å². The Balaban J connectivity index is 0.00000289. The third-order valence-electron chi connectivity index (χ3n) is 4.74. The molecule has 9 heteroatoms. The molecule has 1 N–H and O–H groups in total. The SMILES string of the molecule is CNCc1ccc(-c2nnc(-c3nc(-c4ccc(S(C)(=O)=O)cc4)cnc3C)o2)cc1.[HH]. The molecular weight excluding hydrogens is 414 g/mol. The van der Waals surface area contributed by atoms with Crippen molar-refractivity contribution >= 4 is 9.84 Å². The summed E-state index contributed by atoms with van der Waals surface area (Å²) in [5.74, 6) is 0.670. The predicted octanol–water partition coefficient (Wildman–Crippen LogP) is 3.54. The van der Waals surface area contributed by atoms with Gasteiger partial charge < -0.3 is 9.73 Å². The van der Waals surface area contributed by atoms with Gasteiger partial charge in [0.05, 0.1) is 22.5 Å². The van der Waals surface area contributed by atoms with Crippen LogP contribution in [0.4, 0.5) is 0 Å². The molecular formula is C22H23N5O3S. The minimum absolute atomic E-state index is 0. The molecule has 0 unspecified atom stereocenters. The molecule has 0 amide bonds.